The molecule has 1 aromatic carbocycles. The van der Waals surface area contributed by atoms with Crippen molar-refractivity contribution in [1.82, 2.24) is 4.98 Å². The molecule has 2 aliphatic rings. The van der Waals surface area contributed by atoms with Crippen LogP contribution in [0.2, 0.25) is 0 Å². The average Bonchev–Trinajstić information content (AvgIpc) is 2.80. The molecule has 2 aliphatic carbocycles. The van der Waals surface area contributed by atoms with Crippen LogP contribution in [0.25, 0.3) is 6.08 Å². The van der Waals surface area contributed by atoms with Gasteiger partial charge in [-0.25, -0.2) is 0 Å². The van der Waals surface area contributed by atoms with Crippen molar-refractivity contribution < 1.29 is 9.90 Å². The van der Waals surface area contributed by atoms with Crippen LogP contribution in [-0.2, 0) is 5.41 Å². The Hall–Kier alpha value is -2.46. The van der Waals surface area contributed by atoms with Crippen LogP contribution in [0.1, 0.15) is 59.8 Å². The van der Waals surface area contributed by atoms with E-state index in [-0.39, 0.29) is 17.4 Å². The van der Waals surface area contributed by atoms with Gasteiger partial charge >= 0.3 is 0 Å². The summed E-state index contributed by atoms with van der Waals surface area (Å²) in [6, 6.07) is 9.71. The van der Waals surface area contributed by atoms with Gasteiger partial charge < -0.3 is 10.4 Å². The quantitative estimate of drug-likeness (QED) is 0.828. The predicted octanol–water partition coefficient (Wildman–Crippen LogP) is 4.48. The molecule has 4 nitrogen and oxygen atoms in total. The topological polar surface area (TPSA) is 62.2 Å². The number of benzene rings is 1. The first-order valence-electron chi connectivity index (χ1n) is 9.69. The highest BCUT2D eigenvalue weighted by atomic mass is 16.3. The average molecular weight is 362 g/mol. The van der Waals surface area contributed by atoms with Gasteiger partial charge in [0.05, 0.1) is 17.5 Å². The van der Waals surface area contributed by atoms with Crippen molar-refractivity contribution in [3.05, 3.63) is 65.0 Å². The number of amides is 1. The Morgan fingerprint density at radius 1 is 1.33 bits per heavy atom. The number of aliphatic hydroxyl groups is 1. The lowest BCUT2D eigenvalue weighted by Gasteiger charge is -2.43. The fourth-order valence-corrected chi connectivity index (χ4v) is 4.62. The lowest BCUT2D eigenvalue weighted by atomic mass is 9.62. The van der Waals surface area contributed by atoms with E-state index in [1.807, 2.05) is 31.2 Å². The highest BCUT2D eigenvalue weighted by Gasteiger charge is 2.42. The minimum atomic E-state index is -0.189. The molecule has 0 spiro atoms. The molecule has 1 amide bonds. The summed E-state index contributed by atoms with van der Waals surface area (Å²) in [5, 5.41) is 13.1. The maximum atomic E-state index is 12.7. The number of hydrogen-bond acceptors (Lipinski definition) is 3. The summed E-state index contributed by atoms with van der Waals surface area (Å²) >= 11 is 0. The molecule has 27 heavy (non-hydrogen) atoms. The van der Waals surface area contributed by atoms with Gasteiger partial charge in [0.15, 0.2) is 0 Å². The molecule has 140 valence electrons. The van der Waals surface area contributed by atoms with Gasteiger partial charge in [-0.1, -0.05) is 25.1 Å². The summed E-state index contributed by atoms with van der Waals surface area (Å²) < 4.78 is 0. The Bertz CT molecular complexity index is 905. The van der Waals surface area contributed by atoms with E-state index >= 15 is 0 Å². The van der Waals surface area contributed by atoms with Crippen molar-refractivity contribution in [2.24, 2.45) is 5.92 Å². The first-order chi connectivity index (χ1) is 13.0. The van der Waals surface area contributed by atoms with E-state index in [0.717, 1.165) is 42.6 Å². The molecule has 0 aliphatic heterocycles. The fraction of sp³-hybridized carbons (Fsp3) is 0.391. The predicted molar refractivity (Wildman–Crippen MR) is 108 cm³/mol. The van der Waals surface area contributed by atoms with Crippen molar-refractivity contribution in [3.8, 4) is 0 Å². The maximum Gasteiger partial charge on any atom is 0.255 e. The molecule has 0 saturated heterocycles. The van der Waals surface area contributed by atoms with Crippen molar-refractivity contribution in [2.75, 3.05) is 5.32 Å². The molecule has 2 N–H and O–H groups in total. The van der Waals surface area contributed by atoms with Crippen LogP contribution in [0.5, 0.6) is 0 Å². The summed E-state index contributed by atoms with van der Waals surface area (Å²) in [6.07, 6.45) is 9.50. The Morgan fingerprint density at radius 3 is 3.00 bits per heavy atom. The SMILES string of the molecule is Cc1ncccc1NC(=O)c1ccc2c(c1)C=CCC1CC(O)CCC21C. The zero-order valence-corrected chi connectivity index (χ0v) is 15.9. The number of aromatic nitrogens is 1. The van der Waals surface area contributed by atoms with E-state index in [1.165, 1.54) is 5.56 Å². The van der Waals surface area contributed by atoms with E-state index in [1.54, 1.807) is 6.20 Å². The number of aliphatic hydroxyl groups excluding tert-OH is 1. The summed E-state index contributed by atoms with van der Waals surface area (Å²) in [5.41, 5.74) is 4.65. The third-order valence-electron chi connectivity index (χ3n) is 6.36. The zero-order valence-electron chi connectivity index (χ0n) is 15.9. The van der Waals surface area contributed by atoms with Crippen LogP contribution in [-0.4, -0.2) is 22.1 Å². The Labute approximate surface area is 160 Å². The van der Waals surface area contributed by atoms with Crippen molar-refractivity contribution >= 4 is 17.7 Å². The molecule has 3 unspecified atom stereocenters. The molecule has 4 rings (SSSR count). The van der Waals surface area contributed by atoms with E-state index in [0.29, 0.717) is 11.5 Å². The highest BCUT2D eigenvalue weighted by Crippen LogP contribution is 2.48. The van der Waals surface area contributed by atoms with Crippen molar-refractivity contribution in [2.45, 2.75) is 51.0 Å². The van der Waals surface area contributed by atoms with Gasteiger partial charge in [-0.3, -0.25) is 9.78 Å². The molecule has 0 radical (unpaired) electrons. The van der Waals surface area contributed by atoms with Gasteiger partial charge in [0.1, 0.15) is 0 Å². The summed E-state index contributed by atoms with van der Waals surface area (Å²) in [4.78, 5) is 17.0. The van der Waals surface area contributed by atoms with E-state index in [4.69, 9.17) is 0 Å². The second-order valence-electron chi connectivity index (χ2n) is 8.07. The number of rotatable bonds is 2. The van der Waals surface area contributed by atoms with E-state index in [2.05, 4.69) is 35.4 Å². The Morgan fingerprint density at radius 2 is 2.19 bits per heavy atom. The van der Waals surface area contributed by atoms with Gasteiger partial charge in [0.2, 0.25) is 0 Å². The number of fused-ring (bicyclic) bond motifs is 3. The van der Waals surface area contributed by atoms with Crippen LogP contribution in [0.4, 0.5) is 5.69 Å². The number of carbonyl (C=O) groups excluding carboxylic acids is 1. The minimum absolute atomic E-state index is 0.0486. The van der Waals surface area contributed by atoms with Gasteiger partial charge in [-0.2, -0.15) is 0 Å². The van der Waals surface area contributed by atoms with E-state index in [9.17, 15) is 9.90 Å². The standard InChI is InChI=1S/C23H26N2O2/c1-15-21(7-4-12-24-15)25-22(27)17-8-9-20-16(13-17)5-3-6-18-14-19(26)10-11-23(18,20)2/h3-5,7-9,12-13,18-19,26H,6,10-11,14H2,1-2H3,(H,25,27). The number of nitrogens with zero attached hydrogens (tertiary/aromatic N) is 1. The monoisotopic (exact) mass is 362 g/mol. The molecule has 1 fully saturated rings. The van der Waals surface area contributed by atoms with Crippen LogP contribution in [0.15, 0.2) is 42.6 Å². The number of hydrogen-bond donors (Lipinski definition) is 2. The maximum absolute atomic E-state index is 12.7. The molecule has 0 bridgehead atoms. The van der Waals surface area contributed by atoms with Crippen LogP contribution >= 0.6 is 0 Å². The van der Waals surface area contributed by atoms with Gasteiger partial charge in [0.25, 0.3) is 5.91 Å². The zero-order chi connectivity index (χ0) is 19.0. The molecular weight excluding hydrogens is 336 g/mol. The number of anilines is 1. The third-order valence-corrected chi connectivity index (χ3v) is 6.36. The first kappa shape index (κ1) is 17.9. The number of pyridine rings is 1. The number of carbonyl (C=O) groups is 1. The summed E-state index contributed by atoms with van der Waals surface area (Å²) in [7, 11) is 0. The van der Waals surface area contributed by atoms with Crippen molar-refractivity contribution in [1.29, 1.82) is 0 Å². The first-order valence-corrected chi connectivity index (χ1v) is 9.69. The second kappa shape index (κ2) is 6.93. The van der Waals surface area contributed by atoms with Gasteiger partial charge in [-0.05, 0) is 79.3 Å². The Balaban J connectivity index is 1.65. The molecule has 1 aromatic heterocycles. The second-order valence-corrected chi connectivity index (χ2v) is 8.07. The largest absolute Gasteiger partial charge is 0.393 e. The summed E-state index contributed by atoms with van der Waals surface area (Å²) in [5.74, 6) is 0.323. The Kier molecular flexibility index (Phi) is 4.60. The third kappa shape index (κ3) is 3.30. The molecule has 4 heteroatoms. The molecule has 2 aromatic rings. The lowest BCUT2D eigenvalue weighted by Crippen LogP contribution is -2.39. The number of aryl methyl sites for hydroxylation is 1. The number of nitrogens with one attached hydrogen (secondary N) is 1. The molecule has 1 saturated carbocycles. The minimum Gasteiger partial charge on any atom is -0.393 e. The van der Waals surface area contributed by atoms with E-state index < -0.39 is 0 Å². The van der Waals surface area contributed by atoms with Gasteiger partial charge in [0, 0.05) is 11.8 Å². The van der Waals surface area contributed by atoms with Crippen LogP contribution in [0, 0.1) is 12.8 Å². The van der Waals surface area contributed by atoms with Crippen molar-refractivity contribution in [3.63, 3.8) is 0 Å². The lowest BCUT2D eigenvalue weighted by molar-refractivity contribution is 0.0583. The van der Waals surface area contributed by atoms with Gasteiger partial charge in [-0.15, -0.1) is 0 Å². The number of allylic oxidation sites excluding steroid dienone is 1. The molecule has 1 heterocycles. The fourth-order valence-electron chi connectivity index (χ4n) is 4.62. The summed E-state index contributed by atoms with van der Waals surface area (Å²) in [6.45, 7) is 4.20. The smallest absolute Gasteiger partial charge is 0.255 e. The molecule has 3 atom stereocenters. The molecular formula is C23H26N2O2. The highest BCUT2D eigenvalue weighted by molar-refractivity contribution is 6.05. The van der Waals surface area contributed by atoms with Crippen LogP contribution < -0.4 is 5.32 Å². The normalized spacial score (nSPS) is 26.6. The van der Waals surface area contributed by atoms with Crippen LogP contribution in [0.3, 0.4) is 0 Å².